The third-order valence-corrected chi connectivity index (χ3v) is 7.30. The van der Waals surface area contributed by atoms with Crippen LogP contribution in [-0.4, -0.2) is 36.1 Å². The van der Waals surface area contributed by atoms with Gasteiger partial charge >= 0.3 is 0 Å². The zero-order chi connectivity index (χ0) is 22.8. The Kier molecular flexibility index (Phi) is 6.49. The molecule has 1 saturated carbocycles. The Balaban J connectivity index is 1.57. The molecule has 5 rings (SSSR count). The van der Waals surface area contributed by atoms with Crippen molar-refractivity contribution in [2.75, 3.05) is 25.1 Å². The molecule has 7 heteroatoms. The Morgan fingerprint density at radius 3 is 2.61 bits per heavy atom. The second kappa shape index (κ2) is 9.67. The molecule has 2 fully saturated rings. The maximum Gasteiger partial charge on any atom is 0.282 e. The molecule has 0 atom stereocenters. The normalized spacial score (nSPS) is 17.3. The summed E-state index contributed by atoms with van der Waals surface area (Å²) in [6, 6.07) is 11.9. The van der Waals surface area contributed by atoms with E-state index in [9.17, 15) is 4.79 Å². The first-order chi connectivity index (χ1) is 16.1. The van der Waals surface area contributed by atoms with Crippen molar-refractivity contribution < 1.29 is 4.74 Å². The molecule has 33 heavy (non-hydrogen) atoms. The van der Waals surface area contributed by atoms with Crippen LogP contribution in [0.4, 0.5) is 5.69 Å². The van der Waals surface area contributed by atoms with Crippen molar-refractivity contribution in [1.82, 2.24) is 9.66 Å². The second-order valence-electron chi connectivity index (χ2n) is 8.95. The largest absolute Gasteiger partial charge is 0.496 e. The highest BCUT2D eigenvalue weighted by Gasteiger charge is 2.22. The Hall–Kier alpha value is -2.67. The Morgan fingerprint density at radius 1 is 1.06 bits per heavy atom. The van der Waals surface area contributed by atoms with Gasteiger partial charge in [0.1, 0.15) is 11.6 Å². The minimum Gasteiger partial charge on any atom is -0.496 e. The zero-order valence-electron chi connectivity index (χ0n) is 19.0. The Labute approximate surface area is 202 Å². The number of halogens is 1. The van der Waals surface area contributed by atoms with Gasteiger partial charge in [-0.25, -0.2) is 4.98 Å². The van der Waals surface area contributed by atoms with Gasteiger partial charge in [0.25, 0.3) is 5.56 Å². The highest BCUT2D eigenvalue weighted by atomic mass is 79.9. The molecule has 6 nitrogen and oxygen atoms in total. The second-order valence-corrected chi connectivity index (χ2v) is 9.86. The molecule has 0 radical (unpaired) electrons. The predicted molar refractivity (Wildman–Crippen MR) is 137 cm³/mol. The summed E-state index contributed by atoms with van der Waals surface area (Å²) in [5.41, 5.74) is 2.60. The highest BCUT2D eigenvalue weighted by molar-refractivity contribution is 9.10. The Bertz CT molecular complexity index is 1240. The molecule has 172 valence electrons. The molecule has 1 saturated heterocycles. The molecule has 0 spiro atoms. The van der Waals surface area contributed by atoms with E-state index in [-0.39, 0.29) is 11.5 Å². The molecule has 0 unspecified atom stereocenters. The van der Waals surface area contributed by atoms with Crippen molar-refractivity contribution in [2.45, 2.75) is 50.9 Å². The molecule has 0 N–H and O–H groups in total. The van der Waals surface area contributed by atoms with Gasteiger partial charge in [-0.2, -0.15) is 9.78 Å². The number of ether oxygens (including phenoxy) is 1. The molecule has 1 aromatic heterocycles. The molecule has 0 bridgehead atoms. The summed E-state index contributed by atoms with van der Waals surface area (Å²) in [4.78, 5) is 20.8. The van der Waals surface area contributed by atoms with E-state index >= 15 is 0 Å². The van der Waals surface area contributed by atoms with Crippen LogP contribution < -0.4 is 15.2 Å². The van der Waals surface area contributed by atoms with Gasteiger partial charge in [-0.15, -0.1) is 0 Å². The molecule has 2 aliphatic rings. The third kappa shape index (κ3) is 4.56. The summed E-state index contributed by atoms with van der Waals surface area (Å²) in [6.45, 7) is 2.16. The number of rotatable bonds is 5. The topological polar surface area (TPSA) is 59.7 Å². The van der Waals surface area contributed by atoms with Crippen molar-refractivity contribution in [3.63, 3.8) is 0 Å². The minimum atomic E-state index is -0.134. The van der Waals surface area contributed by atoms with Gasteiger partial charge in [-0.1, -0.05) is 35.2 Å². The van der Waals surface area contributed by atoms with E-state index in [0.717, 1.165) is 65.9 Å². The quantitative estimate of drug-likeness (QED) is 0.414. The minimum absolute atomic E-state index is 0.134. The smallest absolute Gasteiger partial charge is 0.282 e. The van der Waals surface area contributed by atoms with Crippen LogP contribution in [0.2, 0.25) is 0 Å². The van der Waals surface area contributed by atoms with Gasteiger partial charge in [0.15, 0.2) is 0 Å². The van der Waals surface area contributed by atoms with Crippen molar-refractivity contribution in [3.05, 3.63) is 62.6 Å². The average Bonchev–Trinajstić information content (AvgIpc) is 3.39. The van der Waals surface area contributed by atoms with Crippen molar-refractivity contribution in [2.24, 2.45) is 5.10 Å². The van der Waals surface area contributed by atoms with E-state index in [1.807, 2.05) is 24.3 Å². The number of methoxy groups -OCH3 is 1. The van der Waals surface area contributed by atoms with Crippen molar-refractivity contribution >= 4 is 38.7 Å². The van der Waals surface area contributed by atoms with Crippen LogP contribution in [0.3, 0.4) is 0 Å². The van der Waals surface area contributed by atoms with Gasteiger partial charge in [-0.05, 0) is 56.0 Å². The van der Waals surface area contributed by atoms with Gasteiger partial charge < -0.3 is 9.64 Å². The van der Waals surface area contributed by atoms with Gasteiger partial charge in [0, 0.05) is 40.8 Å². The molecule has 3 aromatic rings. The summed E-state index contributed by atoms with van der Waals surface area (Å²) in [5, 5.41) is 5.24. The molecule has 2 aromatic carbocycles. The SMILES string of the molecule is COc1cc(N2CCCC2)ccc1C=Nn1c(C2CCCCC2)nc2ccc(Br)cc2c1=O. The summed E-state index contributed by atoms with van der Waals surface area (Å²) in [5.74, 6) is 1.77. The fraction of sp³-hybridized carbons (Fsp3) is 0.423. The maximum atomic E-state index is 13.5. The fourth-order valence-corrected chi connectivity index (χ4v) is 5.36. The first kappa shape index (κ1) is 22.1. The van der Waals surface area contributed by atoms with Gasteiger partial charge in [0.2, 0.25) is 0 Å². The molecular formula is C26H29BrN4O2. The van der Waals surface area contributed by atoms with Crippen LogP contribution >= 0.6 is 15.9 Å². The number of nitrogens with zero attached hydrogens (tertiary/aromatic N) is 4. The van der Waals surface area contributed by atoms with Crippen LogP contribution in [0.25, 0.3) is 10.9 Å². The molecule has 1 aliphatic heterocycles. The summed E-state index contributed by atoms with van der Waals surface area (Å²) >= 11 is 3.48. The van der Waals surface area contributed by atoms with E-state index in [1.165, 1.54) is 29.6 Å². The van der Waals surface area contributed by atoms with Gasteiger partial charge in [-0.3, -0.25) is 4.79 Å². The van der Waals surface area contributed by atoms with E-state index in [1.54, 1.807) is 13.3 Å². The first-order valence-corrected chi connectivity index (χ1v) is 12.6. The Morgan fingerprint density at radius 2 is 1.85 bits per heavy atom. The van der Waals surface area contributed by atoms with Crippen LogP contribution in [-0.2, 0) is 0 Å². The van der Waals surface area contributed by atoms with E-state index in [2.05, 4.69) is 38.1 Å². The molecule has 0 amide bonds. The van der Waals surface area contributed by atoms with Crippen molar-refractivity contribution in [3.8, 4) is 5.75 Å². The van der Waals surface area contributed by atoms with E-state index in [0.29, 0.717) is 5.39 Å². The lowest BCUT2D eigenvalue weighted by Crippen LogP contribution is -2.25. The number of hydrogen-bond donors (Lipinski definition) is 0. The standard InChI is InChI=1S/C26H29BrN4O2/c1-33-24-16-21(30-13-5-6-14-30)11-9-19(24)17-28-31-25(18-7-3-2-4-8-18)29-23-12-10-20(27)15-22(23)26(31)32/h9-12,15-18H,2-8,13-14H2,1H3. The number of anilines is 1. The van der Waals surface area contributed by atoms with Gasteiger partial charge in [0.05, 0.1) is 24.2 Å². The predicted octanol–water partition coefficient (Wildman–Crippen LogP) is 5.70. The van der Waals surface area contributed by atoms with Crippen LogP contribution in [0.15, 0.2) is 50.8 Å². The number of hydrogen-bond acceptors (Lipinski definition) is 5. The third-order valence-electron chi connectivity index (χ3n) is 6.80. The zero-order valence-corrected chi connectivity index (χ0v) is 20.6. The van der Waals surface area contributed by atoms with Crippen LogP contribution in [0.1, 0.15) is 62.3 Å². The lowest BCUT2D eigenvalue weighted by atomic mass is 9.88. The van der Waals surface area contributed by atoms with E-state index < -0.39 is 0 Å². The van der Waals surface area contributed by atoms with Crippen molar-refractivity contribution in [1.29, 1.82) is 0 Å². The number of aromatic nitrogens is 2. The molecular weight excluding hydrogens is 480 g/mol. The summed E-state index contributed by atoms with van der Waals surface area (Å²) in [7, 11) is 1.68. The number of benzene rings is 2. The molecule has 2 heterocycles. The molecule has 1 aliphatic carbocycles. The summed E-state index contributed by atoms with van der Waals surface area (Å²) < 4.78 is 8.04. The first-order valence-electron chi connectivity index (χ1n) is 11.8. The number of fused-ring (bicyclic) bond motifs is 1. The summed E-state index contributed by atoms with van der Waals surface area (Å²) in [6.07, 6.45) is 9.82. The lowest BCUT2D eigenvalue weighted by Gasteiger charge is -2.23. The monoisotopic (exact) mass is 508 g/mol. The van der Waals surface area contributed by atoms with Crippen LogP contribution in [0, 0.1) is 0 Å². The maximum absolute atomic E-state index is 13.5. The lowest BCUT2D eigenvalue weighted by molar-refractivity contribution is 0.413. The average molecular weight is 509 g/mol. The fourth-order valence-electron chi connectivity index (χ4n) is 5.00. The van der Waals surface area contributed by atoms with E-state index in [4.69, 9.17) is 9.72 Å². The van der Waals surface area contributed by atoms with Crippen LogP contribution in [0.5, 0.6) is 5.75 Å². The highest BCUT2D eigenvalue weighted by Crippen LogP contribution is 2.32.